The average molecular weight is 433 g/mol. The Morgan fingerprint density at radius 2 is 2.00 bits per heavy atom. The van der Waals surface area contributed by atoms with Crippen molar-refractivity contribution >= 4 is 69.5 Å². The number of halogens is 3. The molecule has 0 fully saturated rings. The van der Waals surface area contributed by atoms with E-state index in [4.69, 9.17) is 34.8 Å². The molecule has 0 atom stereocenters. The fourth-order valence-corrected chi connectivity index (χ4v) is 3.46. The highest BCUT2D eigenvalue weighted by Gasteiger charge is 2.15. The van der Waals surface area contributed by atoms with Crippen molar-refractivity contribution in [2.45, 2.75) is 5.16 Å². The predicted octanol–water partition coefficient (Wildman–Crippen LogP) is 4.33. The Morgan fingerprint density at radius 3 is 2.73 bits per heavy atom. The number of nitrogens with one attached hydrogen (secondary N) is 1. The quantitative estimate of drug-likeness (QED) is 0.366. The second-order valence-electron chi connectivity index (χ2n) is 4.94. The molecule has 26 heavy (non-hydrogen) atoms. The molecule has 0 saturated heterocycles. The first-order valence-corrected chi connectivity index (χ1v) is 9.03. The van der Waals surface area contributed by atoms with Crippen LogP contribution in [-0.2, 0) is 4.79 Å². The summed E-state index contributed by atoms with van der Waals surface area (Å²) in [6, 6.07) is 5.56. The van der Waals surface area contributed by atoms with E-state index in [1.165, 1.54) is 18.2 Å². The summed E-state index contributed by atoms with van der Waals surface area (Å²) in [5.74, 6) is -0.377. The fourth-order valence-electron chi connectivity index (χ4n) is 2.06. The van der Waals surface area contributed by atoms with Crippen LogP contribution in [0.2, 0.25) is 15.1 Å². The van der Waals surface area contributed by atoms with Gasteiger partial charge in [-0.15, -0.1) is 10.2 Å². The zero-order valence-electron chi connectivity index (χ0n) is 12.6. The lowest BCUT2D eigenvalue weighted by molar-refractivity contribution is -0.384. The molecule has 2 aromatic heterocycles. The predicted molar refractivity (Wildman–Crippen MR) is 100 cm³/mol. The van der Waals surface area contributed by atoms with Crippen molar-refractivity contribution < 1.29 is 9.72 Å². The van der Waals surface area contributed by atoms with Crippen LogP contribution in [-0.4, -0.2) is 31.2 Å². The minimum Gasteiger partial charge on any atom is -0.325 e. The molecule has 0 aliphatic carbocycles. The fraction of sp³-hybridized carbons (Fsp3) is 0.0714. The van der Waals surface area contributed by atoms with Gasteiger partial charge in [0.05, 0.1) is 20.7 Å². The smallest absolute Gasteiger partial charge is 0.289 e. The minimum atomic E-state index is -0.622. The molecule has 0 aliphatic heterocycles. The maximum Gasteiger partial charge on any atom is 0.289 e. The highest BCUT2D eigenvalue weighted by Crippen LogP contribution is 2.28. The molecular formula is C14H8Cl3N5O3S. The number of nitro benzene ring substituents is 1. The topological polar surface area (TPSA) is 102 Å². The highest BCUT2D eigenvalue weighted by molar-refractivity contribution is 7.99. The number of aromatic nitrogens is 3. The first-order chi connectivity index (χ1) is 12.3. The molecule has 0 saturated carbocycles. The molecule has 3 aromatic rings. The molecule has 8 nitrogen and oxygen atoms in total. The van der Waals surface area contributed by atoms with Gasteiger partial charge in [0.15, 0.2) is 10.8 Å². The minimum absolute atomic E-state index is 0.00134. The van der Waals surface area contributed by atoms with Gasteiger partial charge in [-0.2, -0.15) is 0 Å². The highest BCUT2D eigenvalue weighted by atomic mass is 35.5. The van der Waals surface area contributed by atoms with Gasteiger partial charge in [-0.1, -0.05) is 46.6 Å². The van der Waals surface area contributed by atoms with Gasteiger partial charge in [0.25, 0.3) is 5.69 Å². The van der Waals surface area contributed by atoms with Crippen molar-refractivity contribution in [1.82, 2.24) is 14.6 Å². The van der Waals surface area contributed by atoms with E-state index >= 15 is 0 Å². The van der Waals surface area contributed by atoms with Gasteiger partial charge in [-0.3, -0.25) is 19.3 Å². The van der Waals surface area contributed by atoms with E-state index in [1.807, 2.05) is 0 Å². The first-order valence-electron chi connectivity index (χ1n) is 6.91. The third kappa shape index (κ3) is 4.01. The zero-order valence-corrected chi connectivity index (χ0v) is 15.7. The number of pyridine rings is 1. The number of rotatable bonds is 5. The maximum atomic E-state index is 12.1. The Kier molecular flexibility index (Phi) is 5.52. The van der Waals surface area contributed by atoms with Crippen molar-refractivity contribution in [1.29, 1.82) is 0 Å². The van der Waals surface area contributed by atoms with Crippen molar-refractivity contribution in [2.24, 2.45) is 0 Å². The number of thioether (sulfide) groups is 1. The number of carbonyl (C=O) groups is 1. The lowest BCUT2D eigenvalue weighted by atomic mass is 10.3. The van der Waals surface area contributed by atoms with Crippen LogP contribution in [0.15, 0.2) is 35.6 Å². The van der Waals surface area contributed by atoms with Crippen LogP contribution >= 0.6 is 46.6 Å². The van der Waals surface area contributed by atoms with Crippen molar-refractivity contribution in [3.05, 3.63) is 55.6 Å². The summed E-state index contributed by atoms with van der Waals surface area (Å²) in [5, 5.41) is 22.5. The number of amides is 1. The van der Waals surface area contributed by atoms with Crippen LogP contribution in [0.25, 0.3) is 5.65 Å². The summed E-state index contributed by atoms with van der Waals surface area (Å²) in [4.78, 5) is 22.4. The van der Waals surface area contributed by atoms with E-state index in [9.17, 15) is 14.9 Å². The number of carbonyl (C=O) groups excluding carboxylic acids is 1. The van der Waals surface area contributed by atoms with Crippen molar-refractivity contribution in [2.75, 3.05) is 11.1 Å². The molecule has 2 heterocycles. The van der Waals surface area contributed by atoms with Gasteiger partial charge in [-0.05, 0) is 18.2 Å². The lowest BCUT2D eigenvalue weighted by Crippen LogP contribution is -2.14. The second-order valence-corrected chi connectivity index (χ2v) is 7.14. The summed E-state index contributed by atoms with van der Waals surface area (Å²) in [6.07, 6.45) is 1.59. The van der Waals surface area contributed by atoms with Crippen molar-refractivity contribution in [3.63, 3.8) is 0 Å². The third-order valence-corrected chi connectivity index (χ3v) is 4.90. The Morgan fingerprint density at radius 1 is 1.23 bits per heavy atom. The molecule has 1 amide bonds. The third-order valence-electron chi connectivity index (χ3n) is 3.15. The van der Waals surface area contributed by atoms with Crippen molar-refractivity contribution in [3.8, 4) is 0 Å². The number of anilines is 1. The largest absolute Gasteiger partial charge is 0.325 e. The van der Waals surface area contributed by atoms with E-state index in [0.29, 0.717) is 20.8 Å². The van der Waals surface area contributed by atoms with Gasteiger partial charge in [0.2, 0.25) is 5.91 Å². The molecule has 0 spiro atoms. The zero-order chi connectivity index (χ0) is 18.8. The Bertz CT molecular complexity index is 1030. The molecule has 0 unspecified atom stereocenters. The summed E-state index contributed by atoms with van der Waals surface area (Å²) in [5.41, 5.74) is 0.404. The Hall–Kier alpha value is -2.07. The van der Waals surface area contributed by atoms with E-state index in [-0.39, 0.29) is 28.1 Å². The molecule has 0 aliphatic rings. The van der Waals surface area contributed by atoms with Gasteiger partial charge >= 0.3 is 0 Å². The van der Waals surface area contributed by atoms with Crippen LogP contribution in [0.1, 0.15) is 0 Å². The van der Waals surface area contributed by atoms with Gasteiger partial charge in [0.1, 0.15) is 5.02 Å². The van der Waals surface area contributed by atoms with Gasteiger partial charge in [0, 0.05) is 18.0 Å². The molecule has 1 N–H and O–H groups in total. The summed E-state index contributed by atoms with van der Waals surface area (Å²) in [6.45, 7) is 0. The van der Waals surface area contributed by atoms with Gasteiger partial charge < -0.3 is 5.32 Å². The molecule has 0 bridgehead atoms. The van der Waals surface area contributed by atoms with E-state index in [2.05, 4.69) is 15.5 Å². The van der Waals surface area contributed by atoms with Gasteiger partial charge in [-0.25, -0.2) is 0 Å². The normalized spacial score (nSPS) is 10.9. The second kappa shape index (κ2) is 7.67. The number of hydrogen-bond acceptors (Lipinski definition) is 6. The molecule has 1 aromatic carbocycles. The molecule has 3 rings (SSSR count). The van der Waals surface area contributed by atoms with Crippen LogP contribution in [0.3, 0.4) is 0 Å². The number of benzene rings is 1. The Labute approximate surface area is 165 Å². The van der Waals surface area contributed by atoms with E-state index in [0.717, 1.165) is 11.8 Å². The summed E-state index contributed by atoms with van der Waals surface area (Å²) >= 11 is 18.9. The molecule has 134 valence electrons. The van der Waals surface area contributed by atoms with E-state index in [1.54, 1.807) is 16.7 Å². The van der Waals surface area contributed by atoms with E-state index < -0.39 is 4.92 Å². The first kappa shape index (κ1) is 18.7. The molecule has 0 radical (unpaired) electrons. The number of hydrogen-bond donors (Lipinski definition) is 1. The summed E-state index contributed by atoms with van der Waals surface area (Å²) in [7, 11) is 0. The number of nitro groups is 1. The standard InChI is InChI=1S/C14H8Cl3N5O3S/c15-7-3-10(17)13-19-20-14(21(13)5-7)26-6-12(23)18-8-1-2-9(16)11(4-8)22(24)25/h1-5H,6H2,(H,18,23). The summed E-state index contributed by atoms with van der Waals surface area (Å²) < 4.78 is 1.58. The lowest BCUT2D eigenvalue weighted by Gasteiger charge is -2.05. The van der Waals surface area contributed by atoms with Crippen LogP contribution in [0.5, 0.6) is 0 Å². The number of nitrogens with zero attached hydrogens (tertiary/aromatic N) is 4. The number of fused-ring (bicyclic) bond motifs is 1. The Balaban J connectivity index is 1.70. The van der Waals surface area contributed by atoms with Crippen LogP contribution in [0.4, 0.5) is 11.4 Å². The maximum absolute atomic E-state index is 12.1. The van der Waals surface area contributed by atoms with Crippen LogP contribution < -0.4 is 5.32 Å². The van der Waals surface area contributed by atoms with Crippen LogP contribution in [0, 0.1) is 10.1 Å². The SMILES string of the molecule is O=C(CSc1nnc2c(Cl)cc(Cl)cn12)Nc1ccc(Cl)c([N+](=O)[O-])c1. The monoisotopic (exact) mass is 431 g/mol. The molecular weight excluding hydrogens is 425 g/mol. The average Bonchev–Trinajstić information content (AvgIpc) is 2.97. The molecule has 12 heteroatoms.